The number of benzene rings is 3. The Morgan fingerprint density at radius 3 is 1.32 bits per heavy atom. The van der Waals surface area contributed by atoms with Crippen molar-refractivity contribution in [2.24, 2.45) is 0 Å². The number of carbonyl (C=O) groups is 2. The summed E-state index contributed by atoms with van der Waals surface area (Å²) in [5.74, 6) is 0. The molecule has 0 atom stereocenters. The van der Waals surface area contributed by atoms with E-state index >= 15 is 0 Å². The number of hydrogen-bond donors (Lipinski definition) is 0. The zero-order valence-corrected chi connectivity index (χ0v) is 16.8. The molecule has 2 nitrogen and oxygen atoms in total. The van der Waals surface area contributed by atoms with Gasteiger partial charge in [-0.05, 0) is 0 Å². The Balaban J connectivity index is 1.81. The van der Waals surface area contributed by atoms with E-state index in [-0.39, 0.29) is 43.0 Å². The van der Waals surface area contributed by atoms with E-state index < -0.39 is 0 Å². The molecule has 0 saturated carbocycles. The third-order valence-corrected chi connectivity index (χ3v) is 9.54. The zero-order chi connectivity index (χ0) is 17.5. The van der Waals surface area contributed by atoms with Crippen LogP contribution in [0.5, 0.6) is 0 Å². The molecule has 0 bridgehead atoms. The summed E-state index contributed by atoms with van der Waals surface area (Å²) in [6.45, 7) is 0. The quantitative estimate of drug-likeness (QED) is 0.506. The van der Waals surface area contributed by atoms with Crippen LogP contribution in [0.4, 0.5) is 0 Å². The molecule has 3 aromatic carbocycles. The average Bonchev–Trinajstić information content (AvgIpc) is 2.69. The van der Waals surface area contributed by atoms with Crippen molar-refractivity contribution in [1.82, 2.24) is 0 Å². The van der Waals surface area contributed by atoms with Crippen LogP contribution in [-0.2, 0) is 0 Å². The summed E-state index contributed by atoms with van der Waals surface area (Å²) in [5.41, 5.74) is 2.54. The van der Waals surface area contributed by atoms with Crippen molar-refractivity contribution in [1.29, 1.82) is 0 Å². The molecule has 0 aromatic heterocycles. The van der Waals surface area contributed by atoms with Crippen LogP contribution in [0.3, 0.4) is 0 Å². The first-order chi connectivity index (χ1) is 12.2. The van der Waals surface area contributed by atoms with Gasteiger partial charge in [0.1, 0.15) is 0 Å². The van der Waals surface area contributed by atoms with E-state index in [1.54, 1.807) is 0 Å². The second kappa shape index (κ2) is 8.94. The van der Waals surface area contributed by atoms with Gasteiger partial charge in [0.05, 0.1) is 0 Å². The van der Waals surface area contributed by atoms with E-state index in [1.165, 1.54) is 0 Å². The molecular formula is C21H16O2Se2. The first-order valence-corrected chi connectivity index (χ1v) is 11.5. The van der Waals surface area contributed by atoms with E-state index in [9.17, 15) is 9.59 Å². The van der Waals surface area contributed by atoms with Crippen molar-refractivity contribution in [2.45, 2.75) is 3.71 Å². The Bertz CT molecular complexity index is 780. The standard InChI is InChI=1S/C21H16O2Se2/c22-19(16-10-4-1-5-11-16)24-21(18-14-8-3-9-15-18)25-20(23)17-12-6-2-7-13-17/h1-15,21H. The Kier molecular flexibility index (Phi) is 6.38. The fourth-order valence-electron chi connectivity index (χ4n) is 2.25. The Morgan fingerprint density at radius 2 is 0.920 bits per heavy atom. The summed E-state index contributed by atoms with van der Waals surface area (Å²) in [5, 5.41) is 0. The monoisotopic (exact) mass is 460 g/mol. The molecule has 0 radical (unpaired) electrons. The molecule has 0 aliphatic rings. The first kappa shape index (κ1) is 17.8. The minimum atomic E-state index is -0.312. The van der Waals surface area contributed by atoms with Gasteiger partial charge in [0.2, 0.25) is 0 Å². The summed E-state index contributed by atoms with van der Waals surface area (Å²) in [4.78, 5) is 25.3. The molecule has 0 aliphatic carbocycles. The van der Waals surface area contributed by atoms with Gasteiger partial charge in [-0.15, -0.1) is 0 Å². The van der Waals surface area contributed by atoms with Crippen molar-refractivity contribution in [3.63, 3.8) is 0 Å². The van der Waals surface area contributed by atoms with E-state index in [2.05, 4.69) is 0 Å². The van der Waals surface area contributed by atoms with Crippen molar-refractivity contribution >= 4 is 39.3 Å². The Labute approximate surface area is 160 Å². The second-order valence-electron chi connectivity index (χ2n) is 5.29. The van der Waals surface area contributed by atoms with Crippen LogP contribution >= 0.6 is 0 Å². The van der Waals surface area contributed by atoms with Gasteiger partial charge in [0.15, 0.2) is 0 Å². The fourth-order valence-corrected chi connectivity index (χ4v) is 7.97. The number of rotatable bonds is 7. The molecule has 0 aliphatic heterocycles. The van der Waals surface area contributed by atoms with Gasteiger partial charge in [-0.25, -0.2) is 0 Å². The number of hydrogen-bond acceptors (Lipinski definition) is 2. The van der Waals surface area contributed by atoms with Gasteiger partial charge in [0.25, 0.3) is 0 Å². The first-order valence-electron chi connectivity index (χ1n) is 7.81. The summed E-state index contributed by atoms with van der Waals surface area (Å²) in [6.07, 6.45) is 0. The Morgan fingerprint density at radius 1 is 0.560 bits per heavy atom. The van der Waals surface area contributed by atoms with Crippen LogP contribution < -0.4 is 0 Å². The zero-order valence-electron chi connectivity index (χ0n) is 13.4. The maximum absolute atomic E-state index is 12.7. The van der Waals surface area contributed by atoms with Crippen LogP contribution in [0.1, 0.15) is 30.0 Å². The van der Waals surface area contributed by atoms with Gasteiger partial charge in [-0.1, -0.05) is 0 Å². The third kappa shape index (κ3) is 5.01. The minimum absolute atomic E-state index is 0.00149. The van der Waals surface area contributed by atoms with E-state index in [1.807, 2.05) is 91.0 Å². The molecule has 0 fully saturated rings. The molecule has 3 rings (SSSR count). The summed E-state index contributed by atoms with van der Waals surface area (Å²) in [6, 6.07) is 28.6. The van der Waals surface area contributed by atoms with E-state index in [4.69, 9.17) is 0 Å². The normalized spacial score (nSPS) is 10.6. The average molecular weight is 458 g/mol. The summed E-state index contributed by atoms with van der Waals surface area (Å²) >= 11 is -0.625. The molecule has 0 amide bonds. The van der Waals surface area contributed by atoms with Crippen molar-refractivity contribution < 1.29 is 9.59 Å². The van der Waals surface area contributed by atoms with Gasteiger partial charge >= 0.3 is 160 Å². The summed E-state index contributed by atoms with van der Waals surface area (Å²) in [7, 11) is 0. The molecule has 4 heteroatoms. The predicted octanol–water partition coefficient (Wildman–Crippen LogP) is 3.77. The van der Waals surface area contributed by atoms with Gasteiger partial charge < -0.3 is 0 Å². The van der Waals surface area contributed by atoms with Crippen molar-refractivity contribution in [3.05, 3.63) is 108 Å². The summed E-state index contributed by atoms with van der Waals surface area (Å²) < 4.78 is 0.288. The third-order valence-electron chi connectivity index (χ3n) is 3.52. The van der Waals surface area contributed by atoms with Gasteiger partial charge in [-0.2, -0.15) is 0 Å². The topological polar surface area (TPSA) is 34.1 Å². The van der Waals surface area contributed by atoms with E-state index in [0.29, 0.717) is 0 Å². The fraction of sp³-hybridized carbons (Fsp3) is 0.0476. The molecule has 0 N–H and O–H groups in total. The van der Waals surface area contributed by atoms with Crippen LogP contribution in [0.25, 0.3) is 0 Å². The Hall–Kier alpha value is -1.96. The number of carbonyl (C=O) groups excluding carboxylic acids is 2. The maximum atomic E-state index is 12.7. The van der Waals surface area contributed by atoms with Crippen LogP contribution in [0.2, 0.25) is 0 Å². The van der Waals surface area contributed by atoms with Crippen molar-refractivity contribution in [2.75, 3.05) is 0 Å². The molecule has 0 unspecified atom stereocenters. The molecule has 0 spiro atoms. The molecular weight excluding hydrogens is 442 g/mol. The molecule has 25 heavy (non-hydrogen) atoms. The molecule has 124 valence electrons. The van der Waals surface area contributed by atoms with Crippen LogP contribution in [0, 0.1) is 0 Å². The van der Waals surface area contributed by atoms with Gasteiger partial charge in [0, 0.05) is 0 Å². The van der Waals surface area contributed by atoms with Gasteiger partial charge in [-0.3, -0.25) is 0 Å². The van der Waals surface area contributed by atoms with Crippen LogP contribution in [-0.4, -0.2) is 39.3 Å². The molecule has 0 heterocycles. The molecule has 3 aromatic rings. The second-order valence-corrected chi connectivity index (χ2v) is 11.3. The van der Waals surface area contributed by atoms with Crippen LogP contribution in [0.15, 0.2) is 91.0 Å². The van der Waals surface area contributed by atoms with Crippen molar-refractivity contribution in [3.8, 4) is 0 Å². The van der Waals surface area contributed by atoms with E-state index in [0.717, 1.165) is 16.7 Å². The predicted molar refractivity (Wildman–Crippen MR) is 102 cm³/mol. The SMILES string of the molecule is O=C([Se]C([Se]C(=O)c1ccccc1)c1ccccc1)c1ccccc1. The molecule has 0 saturated heterocycles.